The van der Waals surface area contributed by atoms with Crippen LogP contribution in [0.25, 0.3) is 0 Å². The molecule has 0 spiro atoms. The Morgan fingerprint density at radius 2 is 2.27 bits per heavy atom. The summed E-state index contributed by atoms with van der Waals surface area (Å²) in [5.41, 5.74) is 0.340. The van der Waals surface area contributed by atoms with Crippen LogP contribution in [0, 0.1) is 5.41 Å². The van der Waals surface area contributed by atoms with E-state index in [9.17, 15) is 4.79 Å². The van der Waals surface area contributed by atoms with Gasteiger partial charge in [-0.2, -0.15) is 12.6 Å². The quantitative estimate of drug-likeness (QED) is 0.617. The summed E-state index contributed by atoms with van der Waals surface area (Å²) in [5, 5.41) is 2.96. The van der Waals surface area contributed by atoms with Gasteiger partial charge in [0.2, 0.25) is 5.91 Å². The molecule has 64 valence electrons. The fraction of sp³-hybridized carbons (Fsp3) is 0.875. The number of hydrogen-bond acceptors (Lipinski definition) is 2. The average Bonchev–Trinajstić information content (AvgIpc) is 2.39. The Kier molecular flexibility index (Phi) is 2.47. The lowest BCUT2D eigenvalue weighted by atomic mass is 10.2. The second-order valence-electron chi connectivity index (χ2n) is 3.79. The van der Waals surface area contributed by atoms with Crippen molar-refractivity contribution in [2.24, 2.45) is 5.41 Å². The van der Waals surface area contributed by atoms with E-state index in [-0.39, 0.29) is 5.91 Å². The Balaban J connectivity index is 2.18. The van der Waals surface area contributed by atoms with Crippen LogP contribution in [0.15, 0.2) is 0 Å². The number of rotatable bonds is 3. The van der Waals surface area contributed by atoms with Crippen LogP contribution in [-0.2, 0) is 4.79 Å². The Morgan fingerprint density at radius 1 is 1.73 bits per heavy atom. The molecule has 1 unspecified atom stereocenters. The van der Waals surface area contributed by atoms with Crippen LogP contribution in [0.3, 0.4) is 0 Å². The molecule has 0 bridgehead atoms. The summed E-state index contributed by atoms with van der Waals surface area (Å²) in [6.45, 7) is 4.33. The molecule has 0 saturated heterocycles. The second-order valence-corrected chi connectivity index (χ2v) is 4.23. The molecular weight excluding hydrogens is 158 g/mol. The van der Waals surface area contributed by atoms with Crippen molar-refractivity contribution in [3.05, 3.63) is 0 Å². The lowest BCUT2D eigenvalue weighted by Gasteiger charge is -2.04. The van der Waals surface area contributed by atoms with Crippen molar-refractivity contribution >= 4 is 18.5 Å². The van der Waals surface area contributed by atoms with E-state index in [1.54, 1.807) is 0 Å². The summed E-state index contributed by atoms with van der Waals surface area (Å²) < 4.78 is 0. The number of thiol groups is 1. The first kappa shape index (κ1) is 8.91. The van der Waals surface area contributed by atoms with Crippen LogP contribution in [0.2, 0.25) is 0 Å². The van der Waals surface area contributed by atoms with E-state index in [2.05, 4.69) is 31.8 Å². The molecule has 11 heavy (non-hydrogen) atoms. The van der Waals surface area contributed by atoms with E-state index < -0.39 is 0 Å². The third kappa shape index (κ3) is 2.40. The highest BCUT2D eigenvalue weighted by Crippen LogP contribution is 2.44. The van der Waals surface area contributed by atoms with Gasteiger partial charge in [0.15, 0.2) is 0 Å². The first-order valence-electron chi connectivity index (χ1n) is 3.96. The molecule has 0 aromatic rings. The maximum Gasteiger partial charge on any atom is 0.221 e. The van der Waals surface area contributed by atoms with Gasteiger partial charge in [-0.25, -0.2) is 0 Å². The van der Waals surface area contributed by atoms with E-state index in [1.165, 1.54) is 0 Å². The van der Waals surface area contributed by atoms with E-state index in [0.717, 1.165) is 6.42 Å². The van der Waals surface area contributed by atoms with Crippen LogP contribution in [0.1, 0.15) is 26.7 Å². The van der Waals surface area contributed by atoms with Gasteiger partial charge in [0.05, 0.1) is 0 Å². The second kappa shape index (κ2) is 3.05. The molecule has 0 heterocycles. The summed E-state index contributed by atoms with van der Waals surface area (Å²) in [4.78, 5) is 11.0. The zero-order valence-corrected chi connectivity index (χ0v) is 7.95. The predicted molar refractivity (Wildman–Crippen MR) is 48.8 cm³/mol. The Bertz CT molecular complexity index is 167. The van der Waals surface area contributed by atoms with Gasteiger partial charge in [-0.1, -0.05) is 13.8 Å². The SMILES string of the molecule is CC1(C)CC1NC(=O)CCS. The molecule has 1 aliphatic carbocycles. The van der Waals surface area contributed by atoms with Crippen LogP contribution in [0.4, 0.5) is 0 Å². The van der Waals surface area contributed by atoms with E-state index in [4.69, 9.17) is 0 Å². The highest BCUT2D eigenvalue weighted by Gasteiger charge is 2.46. The number of carbonyl (C=O) groups excluding carboxylic acids is 1. The van der Waals surface area contributed by atoms with Crippen molar-refractivity contribution in [2.75, 3.05) is 5.75 Å². The van der Waals surface area contributed by atoms with Gasteiger partial charge in [0.1, 0.15) is 0 Å². The number of amides is 1. The number of hydrogen-bond donors (Lipinski definition) is 2. The third-order valence-electron chi connectivity index (χ3n) is 2.19. The minimum Gasteiger partial charge on any atom is -0.353 e. The largest absolute Gasteiger partial charge is 0.353 e. The Labute approximate surface area is 73.2 Å². The van der Waals surface area contributed by atoms with Crippen LogP contribution in [-0.4, -0.2) is 17.7 Å². The summed E-state index contributed by atoms with van der Waals surface area (Å²) in [7, 11) is 0. The van der Waals surface area contributed by atoms with Crippen molar-refractivity contribution in [3.8, 4) is 0 Å². The molecule has 1 saturated carbocycles. The molecule has 0 aliphatic heterocycles. The molecule has 1 rings (SSSR count). The van der Waals surface area contributed by atoms with Gasteiger partial charge in [-0.05, 0) is 17.6 Å². The summed E-state index contributed by atoms with van der Waals surface area (Å²) in [6, 6.07) is 0.412. The molecule has 1 N–H and O–H groups in total. The first-order valence-corrected chi connectivity index (χ1v) is 4.60. The molecule has 1 aliphatic rings. The maximum atomic E-state index is 11.0. The smallest absolute Gasteiger partial charge is 0.221 e. The lowest BCUT2D eigenvalue weighted by Crippen LogP contribution is -2.28. The Morgan fingerprint density at radius 3 is 2.64 bits per heavy atom. The van der Waals surface area contributed by atoms with E-state index in [0.29, 0.717) is 23.6 Å². The number of nitrogens with one attached hydrogen (secondary N) is 1. The zero-order chi connectivity index (χ0) is 8.48. The first-order chi connectivity index (χ1) is 5.06. The van der Waals surface area contributed by atoms with Crippen LogP contribution >= 0.6 is 12.6 Å². The van der Waals surface area contributed by atoms with Gasteiger partial charge in [0.25, 0.3) is 0 Å². The highest BCUT2D eigenvalue weighted by atomic mass is 32.1. The monoisotopic (exact) mass is 173 g/mol. The average molecular weight is 173 g/mol. The molecular formula is C8H15NOS. The maximum absolute atomic E-state index is 11.0. The van der Waals surface area contributed by atoms with Gasteiger partial charge < -0.3 is 5.32 Å². The predicted octanol–water partition coefficient (Wildman–Crippen LogP) is 1.22. The summed E-state index contributed by atoms with van der Waals surface area (Å²) in [5.74, 6) is 0.773. The molecule has 2 nitrogen and oxygen atoms in total. The summed E-state index contributed by atoms with van der Waals surface area (Å²) >= 11 is 3.99. The standard InChI is InChI=1S/C8H15NOS/c1-8(2)5-6(8)9-7(10)3-4-11/h6,11H,3-5H2,1-2H3,(H,9,10). The van der Waals surface area contributed by atoms with Crippen molar-refractivity contribution in [3.63, 3.8) is 0 Å². The molecule has 1 amide bonds. The topological polar surface area (TPSA) is 29.1 Å². The van der Waals surface area contributed by atoms with Gasteiger partial charge >= 0.3 is 0 Å². The minimum absolute atomic E-state index is 0.135. The highest BCUT2D eigenvalue weighted by molar-refractivity contribution is 7.80. The van der Waals surface area contributed by atoms with Crippen molar-refractivity contribution in [1.82, 2.24) is 5.32 Å². The molecule has 0 radical (unpaired) electrons. The van der Waals surface area contributed by atoms with Crippen LogP contribution in [0.5, 0.6) is 0 Å². The van der Waals surface area contributed by atoms with Crippen molar-refractivity contribution in [1.29, 1.82) is 0 Å². The molecule has 0 aromatic carbocycles. The van der Waals surface area contributed by atoms with Gasteiger partial charge in [-0.15, -0.1) is 0 Å². The van der Waals surface area contributed by atoms with Crippen molar-refractivity contribution < 1.29 is 4.79 Å². The van der Waals surface area contributed by atoms with Crippen LogP contribution < -0.4 is 5.32 Å². The number of carbonyl (C=O) groups is 1. The normalized spacial score (nSPS) is 26.3. The van der Waals surface area contributed by atoms with E-state index in [1.807, 2.05) is 0 Å². The van der Waals surface area contributed by atoms with Gasteiger partial charge in [0, 0.05) is 12.5 Å². The van der Waals surface area contributed by atoms with Gasteiger partial charge in [-0.3, -0.25) is 4.79 Å². The Hall–Kier alpha value is -0.180. The lowest BCUT2D eigenvalue weighted by molar-refractivity contribution is -0.120. The zero-order valence-electron chi connectivity index (χ0n) is 7.05. The minimum atomic E-state index is 0.135. The van der Waals surface area contributed by atoms with E-state index >= 15 is 0 Å². The summed E-state index contributed by atoms with van der Waals surface area (Å²) in [6.07, 6.45) is 1.65. The molecule has 3 heteroatoms. The fourth-order valence-electron chi connectivity index (χ4n) is 1.08. The third-order valence-corrected chi connectivity index (χ3v) is 2.41. The van der Waals surface area contributed by atoms with Crippen molar-refractivity contribution in [2.45, 2.75) is 32.7 Å². The molecule has 1 fully saturated rings. The molecule has 1 atom stereocenters. The fourth-order valence-corrected chi connectivity index (χ4v) is 1.28. The molecule has 0 aromatic heterocycles.